The predicted molar refractivity (Wildman–Crippen MR) is 248 cm³/mol. The molecule has 11 atom stereocenters. The normalized spacial score (nSPS) is 30.3. The lowest BCUT2D eigenvalue weighted by Crippen LogP contribution is -2.51. The second-order valence-electron chi connectivity index (χ2n) is 17.9. The molecule has 0 aromatic carbocycles. The molecule has 68 heavy (non-hydrogen) atoms. The third kappa shape index (κ3) is 22.3. The van der Waals surface area contributed by atoms with Crippen LogP contribution in [0.1, 0.15) is 143 Å². The summed E-state index contributed by atoms with van der Waals surface area (Å²) in [6, 6.07) is 1.21. The second-order valence-corrected chi connectivity index (χ2v) is 20.9. The lowest BCUT2D eigenvalue weighted by Gasteiger charge is -2.38. The monoisotopic (exact) mass is 1010 g/mol. The zero-order valence-corrected chi connectivity index (χ0v) is 41.3. The van der Waals surface area contributed by atoms with Gasteiger partial charge in [0.1, 0.15) is 36.6 Å². The summed E-state index contributed by atoms with van der Waals surface area (Å²) in [5, 5.41) is 45.4. The van der Waals surface area contributed by atoms with Crippen molar-refractivity contribution in [3.8, 4) is 0 Å². The van der Waals surface area contributed by atoms with E-state index < -0.39 is 120 Å². The maximum absolute atomic E-state index is 14.2. The maximum atomic E-state index is 14.2. The van der Waals surface area contributed by atoms with Crippen LogP contribution < -0.4 is 11.4 Å². The number of anilines is 1. The number of unbranched alkanes of at least 4 members (excludes halogenated alkanes) is 8. The Morgan fingerprint density at radius 3 is 2.28 bits per heavy atom. The molecule has 21 nitrogen and oxygen atoms in total. The van der Waals surface area contributed by atoms with Crippen LogP contribution in [-0.2, 0) is 51.1 Å². The Labute approximate surface area is 398 Å². The van der Waals surface area contributed by atoms with Gasteiger partial charge >= 0.3 is 33.3 Å². The Kier molecular flexibility index (Phi) is 26.6. The average molecular weight is 1010 g/mol. The SMILES string of the molecule is CCCCC[C@H](O)C=C[C@@H]1[C@H](O)[C@H](O)[C@H]2COP(=O)(O)OP(=O)(O)OC[C@@H](COC(=O)CCCCCCCCCC(C)C)OC(=O)CCCC=CC[C@@H](C(=O)C[C@H]1O)[C@H](n1ccc(N)nc1=O)O2. The molecule has 3 heterocycles. The Morgan fingerprint density at radius 2 is 1.60 bits per heavy atom. The van der Waals surface area contributed by atoms with Crippen LogP contribution in [0.3, 0.4) is 0 Å². The van der Waals surface area contributed by atoms with Crippen molar-refractivity contribution >= 4 is 39.2 Å². The molecule has 0 spiro atoms. The van der Waals surface area contributed by atoms with Crippen molar-refractivity contribution in [3.05, 3.63) is 47.1 Å². The van der Waals surface area contributed by atoms with E-state index in [1.807, 2.05) is 6.92 Å². The number of fused-ring (bicyclic) bond motifs is 3. The van der Waals surface area contributed by atoms with Gasteiger partial charge in [-0.05, 0) is 44.1 Å². The van der Waals surface area contributed by atoms with Crippen LogP contribution in [0.4, 0.5) is 5.82 Å². The number of ketones is 1. The number of nitrogens with two attached hydrogens (primary N) is 1. The van der Waals surface area contributed by atoms with Crippen molar-refractivity contribution < 1.29 is 81.3 Å². The summed E-state index contributed by atoms with van der Waals surface area (Å²) in [5.41, 5.74) is 4.71. The standard InChI is InChI=1S/C45H75N3O18P2/c1-4-5-13-19-32(49)23-24-34-36(50)27-37(51)35-20-15-11-12-17-22-41(53)64-33(28-61-40(52)21-16-10-8-6-7-9-14-18-31(2)3)29-62-67(57,58)66-68(59,60)63-30-38(43(55)42(34)54)65-44(35)48-26-25-39(46)47-45(48)56/h11,15,23-26,31-36,38,42-44,49-50,54-55H,4-10,12-14,16-22,27-30H2,1-3H3,(H,57,58)(H,59,60)(H2,46,47,56)/t32-,33+,34-,35-,36+,38+,42-,43+,44+/m0/s1. The molecule has 23 heteroatoms. The first-order chi connectivity index (χ1) is 32.2. The smallest absolute Gasteiger partial charge is 0.462 e. The van der Waals surface area contributed by atoms with E-state index in [2.05, 4.69) is 23.1 Å². The van der Waals surface area contributed by atoms with Crippen molar-refractivity contribution in [2.45, 2.75) is 179 Å². The Bertz CT molecular complexity index is 1910. The van der Waals surface area contributed by atoms with Crippen LogP contribution in [0.5, 0.6) is 0 Å². The number of nitrogen functional groups attached to an aromatic ring is 1. The van der Waals surface area contributed by atoms with Crippen LogP contribution >= 0.6 is 15.6 Å². The molecule has 0 radical (unpaired) electrons. The number of carbonyl (C=O) groups is 3. The van der Waals surface area contributed by atoms with E-state index in [-0.39, 0.29) is 37.9 Å². The first-order valence-corrected chi connectivity index (χ1v) is 26.8. The summed E-state index contributed by atoms with van der Waals surface area (Å²) < 4.78 is 58.6. The topological polar surface area (TPSA) is 323 Å². The summed E-state index contributed by atoms with van der Waals surface area (Å²) in [7, 11) is -11.3. The number of rotatable bonds is 19. The van der Waals surface area contributed by atoms with Crippen molar-refractivity contribution in [3.63, 3.8) is 0 Å². The molecular weight excluding hydrogens is 932 g/mol. The van der Waals surface area contributed by atoms with Crippen LogP contribution in [0.2, 0.25) is 0 Å². The second kappa shape index (κ2) is 30.5. The minimum atomic E-state index is -5.71. The molecule has 3 rings (SSSR count). The third-order valence-electron chi connectivity index (χ3n) is 11.6. The molecule has 0 saturated carbocycles. The van der Waals surface area contributed by atoms with Gasteiger partial charge in [0.05, 0.1) is 37.4 Å². The van der Waals surface area contributed by atoms with Crippen LogP contribution in [-0.4, -0.2) is 114 Å². The number of aliphatic hydroxyl groups is 4. The van der Waals surface area contributed by atoms with Crippen molar-refractivity contribution in [1.82, 2.24) is 9.55 Å². The summed E-state index contributed by atoms with van der Waals surface area (Å²) in [4.78, 5) is 78.0. The van der Waals surface area contributed by atoms with Crippen LogP contribution in [0.15, 0.2) is 41.4 Å². The first-order valence-electron chi connectivity index (χ1n) is 23.8. The zero-order valence-electron chi connectivity index (χ0n) is 39.5. The molecule has 2 bridgehead atoms. The van der Waals surface area contributed by atoms with E-state index in [9.17, 15) is 58.5 Å². The number of phosphoric ester groups is 2. The van der Waals surface area contributed by atoms with Gasteiger partial charge in [-0.1, -0.05) is 109 Å². The highest BCUT2D eigenvalue weighted by atomic mass is 31.3. The maximum Gasteiger partial charge on any atom is 0.481 e. The molecule has 2 unspecified atom stereocenters. The number of hydrogen-bond donors (Lipinski definition) is 7. The summed E-state index contributed by atoms with van der Waals surface area (Å²) in [5.74, 6) is -4.45. The molecule has 0 aliphatic carbocycles. The van der Waals surface area contributed by atoms with Crippen LogP contribution in [0.25, 0.3) is 0 Å². The fourth-order valence-corrected chi connectivity index (χ4v) is 9.83. The van der Waals surface area contributed by atoms with E-state index in [0.29, 0.717) is 25.2 Å². The molecule has 1 fully saturated rings. The number of carbonyl (C=O) groups excluding carboxylic acids is 3. The predicted octanol–water partition coefficient (Wildman–Crippen LogP) is 5.50. The summed E-state index contributed by atoms with van der Waals surface area (Å²) in [6.07, 6.45) is 5.08. The fourth-order valence-electron chi connectivity index (χ4n) is 7.72. The minimum Gasteiger partial charge on any atom is -0.462 e. The number of ether oxygens (including phenoxy) is 3. The van der Waals surface area contributed by atoms with E-state index in [1.165, 1.54) is 31.1 Å². The molecule has 2 aliphatic heterocycles. The quantitative estimate of drug-likeness (QED) is 0.0389. The number of aliphatic hydroxyl groups excluding tert-OH is 4. The number of Topliss-reactive ketones (excluding diaryl/α,β-unsaturated/α-hetero) is 1. The summed E-state index contributed by atoms with van der Waals surface area (Å²) in [6.45, 7) is 3.63. The van der Waals surface area contributed by atoms with E-state index in [4.69, 9.17) is 29.0 Å². The van der Waals surface area contributed by atoms with Gasteiger partial charge in [0.2, 0.25) is 0 Å². The number of nitrogens with zero attached hydrogens (tertiary/aromatic N) is 2. The number of allylic oxidation sites excluding steroid dienone is 2. The highest BCUT2D eigenvalue weighted by Crippen LogP contribution is 2.60. The fraction of sp³-hybridized carbons (Fsp3) is 0.756. The number of aromatic nitrogens is 2. The highest BCUT2D eigenvalue weighted by Gasteiger charge is 2.45. The Morgan fingerprint density at radius 1 is 0.941 bits per heavy atom. The number of esters is 2. The van der Waals surface area contributed by atoms with Gasteiger partial charge in [-0.25, -0.2) is 13.9 Å². The van der Waals surface area contributed by atoms with Crippen molar-refractivity contribution in [1.29, 1.82) is 0 Å². The molecule has 0 amide bonds. The largest absolute Gasteiger partial charge is 0.481 e. The molecule has 1 aromatic heterocycles. The van der Waals surface area contributed by atoms with Crippen molar-refractivity contribution in [2.24, 2.45) is 17.8 Å². The number of cyclic esters (lactones) is 1. The van der Waals surface area contributed by atoms with E-state index in [1.54, 1.807) is 12.2 Å². The van der Waals surface area contributed by atoms with Gasteiger partial charge in [0.25, 0.3) is 0 Å². The molecule has 1 saturated heterocycles. The lowest BCUT2D eigenvalue weighted by molar-refractivity contribution is -0.183. The average Bonchev–Trinajstić information content (AvgIpc) is 3.25. The molecule has 2 aliphatic rings. The minimum absolute atomic E-state index is 0.0747. The van der Waals surface area contributed by atoms with Crippen LogP contribution in [0, 0.1) is 17.8 Å². The van der Waals surface area contributed by atoms with E-state index in [0.717, 1.165) is 55.7 Å². The zero-order chi connectivity index (χ0) is 50.3. The van der Waals surface area contributed by atoms with Gasteiger partial charge < -0.3 is 50.2 Å². The number of hydrogen-bond acceptors (Lipinski definition) is 18. The molecular formula is C45H75N3O18P2. The van der Waals surface area contributed by atoms with Gasteiger partial charge in [-0.15, -0.1) is 0 Å². The number of phosphoric acid groups is 2. The Balaban J connectivity index is 1.90. The molecule has 388 valence electrons. The van der Waals surface area contributed by atoms with Gasteiger partial charge in [-0.2, -0.15) is 9.29 Å². The van der Waals surface area contributed by atoms with Crippen molar-refractivity contribution in [2.75, 3.05) is 25.6 Å². The van der Waals surface area contributed by atoms with Gasteiger partial charge in [0.15, 0.2) is 6.10 Å². The van der Waals surface area contributed by atoms with E-state index >= 15 is 0 Å². The van der Waals surface area contributed by atoms with Gasteiger partial charge in [0, 0.05) is 31.4 Å². The summed E-state index contributed by atoms with van der Waals surface area (Å²) >= 11 is 0. The lowest BCUT2D eigenvalue weighted by atomic mass is 9.83. The molecule has 8 N–H and O–H groups in total. The third-order valence-corrected chi connectivity index (χ3v) is 14.2. The Hall–Kier alpha value is -3.17. The highest BCUT2D eigenvalue weighted by molar-refractivity contribution is 7.61. The van der Waals surface area contributed by atoms with Gasteiger partial charge in [-0.3, -0.25) is 28.0 Å². The first kappa shape index (κ1) is 59.1. The molecule has 1 aromatic rings.